The standard InChI is InChI=1S/C7H12N6O2/c1-13-4-10-3-5(13)2-6(11-12-8)7(14)15-9/h3-4,6H,2,9H2,1H3,(H2,8,11)/t6-/m0/s1. The molecule has 15 heavy (non-hydrogen) atoms. The first kappa shape index (κ1) is 11.1. The molecule has 0 saturated carbocycles. The Morgan fingerprint density at radius 1 is 1.80 bits per heavy atom. The second-order valence-electron chi connectivity index (χ2n) is 2.88. The highest BCUT2D eigenvalue weighted by molar-refractivity contribution is 5.75. The number of carbonyl (C=O) groups is 1. The fraction of sp³-hybridized carbons (Fsp3) is 0.429. The fourth-order valence-electron chi connectivity index (χ4n) is 1.11. The largest absolute Gasteiger partial charge is 0.372 e. The van der Waals surface area contributed by atoms with E-state index >= 15 is 0 Å². The molecule has 0 fully saturated rings. The summed E-state index contributed by atoms with van der Waals surface area (Å²) in [5.74, 6) is 8.94. The molecule has 1 aromatic rings. The molecule has 4 N–H and O–H groups in total. The van der Waals surface area contributed by atoms with E-state index in [2.05, 4.69) is 20.2 Å². The van der Waals surface area contributed by atoms with Crippen molar-refractivity contribution in [3.63, 3.8) is 0 Å². The quantitative estimate of drug-likeness (QED) is 0.379. The predicted octanol–water partition coefficient (Wildman–Crippen LogP) is -0.926. The van der Waals surface area contributed by atoms with E-state index in [-0.39, 0.29) is 6.42 Å². The van der Waals surface area contributed by atoms with E-state index in [0.717, 1.165) is 5.69 Å². The Hall–Kier alpha value is -1.96. The van der Waals surface area contributed by atoms with Gasteiger partial charge >= 0.3 is 5.97 Å². The molecule has 82 valence electrons. The summed E-state index contributed by atoms with van der Waals surface area (Å²) in [5, 5.41) is 6.57. The molecule has 0 spiro atoms. The minimum Gasteiger partial charge on any atom is -0.372 e. The van der Waals surface area contributed by atoms with Crippen LogP contribution in [-0.2, 0) is 23.1 Å². The monoisotopic (exact) mass is 212 g/mol. The smallest absolute Gasteiger partial charge is 0.351 e. The normalized spacial score (nSPS) is 12.9. The van der Waals surface area contributed by atoms with Crippen LogP contribution in [0.15, 0.2) is 22.9 Å². The molecule has 8 nitrogen and oxygen atoms in total. The Labute approximate surface area is 85.9 Å². The zero-order valence-corrected chi connectivity index (χ0v) is 8.20. The molecular weight excluding hydrogens is 200 g/mol. The first-order valence-electron chi connectivity index (χ1n) is 4.14. The average Bonchev–Trinajstić information content (AvgIpc) is 2.63. The topological polar surface area (TPSA) is 121 Å². The van der Waals surface area contributed by atoms with E-state index in [1.54, 1.807) is 24.1 Å². The number of rotatable bonds is 4. The summed E-state index contributed by atoms with van der Waals surface area (Å²) in [6, 6.07) is -0.838. The van der Waals surface area contributed by atoms with Gasteiger partial charge < -0.3 is 15.2 Å². The second kappa shape index (κ2) is 5.05. The highest BCUT2D eigenvalue weighted by Crippen LogP contribution is 2.06. The van der Waals surface area contributed by atoms with Gasteiger partial charge in [-0.1, -0.05) is 5.22 Å². The number of hydrogen-bond donors (Lipinski definition) is 2. The third-order valence-corrected chi connectivity index (χ3v) is 1.91. The van der Waals surface area contributed by atoms with Crippen LogP contribution in [-0.4, -0.2) is 21.6 Å². The van der Waals surface area contributed by atoms with Crippen LogP contribution >= 0.6 is 0 Å². The van der Waals surface area contributed by atoms with Crippen molar-refractivity contribution in [3.8, 4) is 0 Å². The number of aromatic nitrogens is 2. The Balaban J connectivity index is 2.75. The van der Waals surface area contributed by atoms with Gasteiger partial charge in [0.05, 0.1) is 6.33 Å². The SMILES string of the molecule is Cn1cncc1C[C@H](N=NN)C(=O)ON. The molecule has 1 atom stereocenters. The van der Waals surface area contributed by atoms with Crippen LogP contribution in [0, 0.1) is 0 Å². The Morgan fingerprint density at radius 3 is 3.00 bits per heavy atom. The van der Waals surface area contributed by atoms with Gasteiger partial charge in [-0.25, -0.2) is 9.78 Å². The molecule has 0 aliphatic heterocycles. The lowest BCUT2D eigenvalue weighted by Crippen LogP contribution is -2.27. The van der Waals surface area contributed by atoms with E-state index < -0.39 is 12.0 Å². The molecular formula is C7H12N6O2. The average molecular weight is 212 g/mol. The van der Waals surface area contributed by atoms with Crippen molar-refractivity contribution in [2.24, 2.45) is 29.1 Å². The van der Waals surface area contributed by atoms with Crippen LogP contribution in [0.5, 0.6) is 0 Å². The van der Waals surface area contributed by atoms with Crippen LogP contribution in [0.4, 0.5) is 0 Å². The summed E-state index contributed by atoms with van der Waals surface area (Å²) in [6.07, 6.45) is 3.51. The molecule has 0 aliphatic carbocycles. The first-order chi connectivity index (χ1) is 7.19. The minimum atomic E-state index is -0.838. The van der Waals surface area contributed by atoms with Gasteiger partial charge in [-0.15, -0.1) is 0 Å². The van der Waals surface area contributed by atoms with Crippen molar-refractivity contribution >= 4 is 5.97 Å². The van der Waals surface area contributed by atoms with Crippen molar-refractivity contribution in [3.05, 3.63) is 18.2 Å². The fourth-order valence-corrected chi connectivity index (χ4v) is 1.11. The molecule has 1 aromatic heterocycles. The first-order valence-corrected chi connectivity index (χ1v) is 4.14. The highest BCUT2D eigenvalue weighted by atomic mass is 16.7. The van der Waals surface area contributed by atoms with Crippen LogP contribution in [0.1, 0.15) is 5.69 Å². The van der Waals surface area contributed by atoms with Crippen LogP contribution in [0.25, 0.3) is 0 Å². The van der Waals surface area contributed by atoms with Crippen molar-refractivity contribution in [2.45, 2.75) is 12.5 Å². The maximum Gasteiger partial charge on any atom is 0.351 e. The molecule has 8 heteroatoms. The number of carbonyl (C=O) groups excluding carboxylic acids is 1. The van der Waals surface area contributed by atoms with Gasteiger partial charge in [-0.05, 0) is 0 Å². The van der Waals surface area contributed by atoms with Gasteiger partial charge in [0.25, 0.3) is 0 Å². The zero-order chi connectivity index (χ0) is 11.3. The van der Waals surface area contributed by atoms with Crippen molar-refractivity contribution in [2.75, 3.05) is 0 Å². The van der Waals surface area contributed by atoms with Crippen LogP contribution in [0.3, 0.4) is 0 Å². The predicted molar refractivity (Wildman–Crippen MR) is 50.0 cm³/mol. The third-order valence-electron chi connectivity index (χ3n) is 1.91. The Bertz CT molecular complexity index is 360. The van der Waals surface area contributed by atoms with Gasteiger partial charge in [0.15, 0.2) is 6.04 Å². The molecule has 0 unspecified atom stereocenters. The molecule has 0 aliphatic rings. The van der Waals surface area contributed by atoms with E-state index in [9.17, 15) is 4.79 Å². The number of nitrogens with two attached hydrogens (primary N) is 2. The molecule has 1 rings (SSSR count). The third kappa shape index (κ3) is 2.74. The lowest BCUT2D eigenvalue weighted by atomic mass is 10.2. The summed E-state index contributed by atoms with van der Waals surface area (Å²) in [6.45, 7) is 0. The maximum atomic E-state index is 11.2. The second-order valence-corrected chi connectivity index (χ2v) is 2.88. The van der Waals surface area contributed by atoms with E-state index in [1.807, 2.05) is 0 Å². The van der Waals surface area contributed by atoms with Gasteiger partial charge in [0.2, 0.25) is 0 Å². The van der Waals surface area contributed by atoms with Crippen molar-refractivity contribution < 1.29 is 9.63 Å². The Kier molecular flexibility index (Phi) is 3.75. The van der Waals surface area contributed by atoms with Gasteiger partial charge in [0, 0.05) is 25.4 Å². The minimum absolute atomic E-state index is 0.285. The number of hydrogen-bond acceptors (Lipinski definition) is 6. The van der Waals surface area contributed by atoms with E-state index in [0.29, 0.717) is 0 Å². The number of nitrogens with zero attached hydrogens (tertiary/aromatic N) is 4. The lowest BCUT2D eigenvalue weighted by molar-refractivity contribution is -0.145. The van der Waals surface area contributed by atoms with E-state index in [4.69, 9.17) is 11.7 Å². The van der Waals surface area contributed by atoms with Crippen LogP contribution < -0.4 is 11.7 Å². The molecule has 0 aromatic carbocycles. The van der Waals surface area contributed by atoms with E-state index in [1.165, 1.54) is 0 Å². The lowest BCUT2D eigenvalue weighted by Gasteiger charge is -2.07. The van der Waals surface area contributed by atoms with Gasteiger partial charge in [-0.3, -0.25) is 0 Å². The van der Waals surface area contributed by atoms with Crippen molar-refractivity contribution in [1.29, 1.82) is 0 Å². The number of imidazole rings is 1. The summed E-state index contributed by atoms with van der Waals surface area (Å²) < 4.78 is 1.75. The zero-order valence-electron chi connectivity index (χ0n) is 8.20. The summed E-state index contributed by atoms with van der Waals surface area (Å²) in [4.78, 5) is 19.1. The summed E-state index contributed by atoms with van der Waals surface area (Å²) >= 11 is 0. The molecule has 0 saturated heterocycles. The molecule has 1 heterocycles. The van der Waals surface area contributed by atoms with Gasteiger partial charge in [0.1, 0.15) is 0 Å². The Morgan fingerprint density at radius 2 is 2.53 bits per heavy atom. The maximum absolute atomic E-state index is 11.2. The molecule has 0 bridgehead atoms. The van der Waals surface area contributed by atoms with Crippen molar-refractivity contribution in [1.82, 2.24) is 9.55 Å². The van der Waals surface area contributed by atoms with Crippen LogP contribution in [0.2, 0.25) is 0 Å². The van der Waals surface area contributed by atoms with Gasteiger partial charge in [-0.2, -0.15) is 11.0 Å². The summed E-state index contributed by atoms with van der Waals surface area (Å²) in [5.41, 5.74) is 0.804. The molecule has 0 radical (unpaired) electrons. The highest BCUT2D eigenvalue weighted by Gasteiger charge is 2.21. The summed E-state index contributed by atoms with van der Waals surface area (Å²) in [7, 11) is 1.80. The molecule has 0 amide bonds. The number of aryl methyl sites for hydroxylation is 1.